The predicted octanol–water partition coefficient (Wildman–Crippen LogP) is 2.38. The molecule has 31 heavy (non-hydrogen) atoms. The van der Waals surface area contributed by atoms with Crippen LogP contribution in [-0.4, -0.2) is 54.0 Å². The van der Waals surface area contributed by atoms with Crippen LogP contribution in [0.2, 0.25) is 0 Å². The lowest BCUT2D eigenvalue weighted by Crippen LogP contribution is -2.47. The first-order valence-corrected chi connectivity index (χ1v) is 10.3. The zero-order chi connectivity index (χ0) is 22.0. The van der Waals surface area contributed by atoms with Crippen molar-refractivity contribution in [3.05, 3.63) is 48.5 Å². The Morgan fingerprint density at radius 3 is 2.39 bits per heavy atom. The van der Waals surface area contributed by atoms with Crippen LogP contribution in [-0.2, 0) is 14.4 Å². The summed E-state index contributed by atoms with van der Waals surface area (Å²) in [7, 11) is 1.56. The van der Waals surface area contributed by atoms with Crippen LogP contribution >= 0.6 is 0 Å². The summed E-state index contributed by atoms with van der Waals surface area (Å²) in [4.78, 5) is 41.4. The van der Waals surface area contributed by atoms with Gasteiger partial charge in [-0.3, -0.25) is 19.3 Å². The van der Waals surface area contributed by atoms with Crippen molar-refractivity contribution in [2.45, 2.75) is 25.3 Å². The van der Waals surface area contributed by atoms with Crippen molar-refractivity contribution >= 4 is 29.1 Å². The lowest BCUT2D eigenvalue weighted by molar-refractivity contribution is -0.123. The van der Waals surface area contributed by atoms with Gasteiger partial charge in [0.15, 0.2) is 0 Å². The van der Waals surface area contributed by atoms with Crippen LogP contribution in [0.25, 0.3) is 0 Å². The van der Waals surface area contributed by atoms with Crippen LogP contribution < -0.4 is 15.0 Å². The number of piperidine rings is 1. The molecule has 162 valence electrons. The molecule has 4 rings (SSSR count). The van der Waals surface area contributed by atoms with Gasteiger partial charge in [-0.05, 0) is 62.3 Å². The first-order valence-electron chi connectivity index (χ1n) is 10.3. The Hall–Kier alpha value is -3.39. The minimum absolute atomic E-state index is 0.0296. The number of carbonyl (C=O) groups excluding carboxylic acids is 3. The molecule has 2 aliphatic heterocycles. The van der Waals surface area contributed by atoms with Crippen molar-refractivity contribution in [1.29, 1.82) is 0 Å². The molecule has 2 fully saturated rings. The number of imide groups is 1. The van der Waals surface area contributed by atoms with E-state index < -0.39 is 6.04 Å². The number of rotatable bonds is 5. The maximum Gasteiger partial charge on any atom is 0.251 e. The first-order chi connectivity index (χ1) is 15.0. The van der Waals surface area contributed by atoms with Crippen molar-refractivity contribution in [3.63, 3.8) is 0 Å². The van der Waals surface area contributed by atoms with E-state index >= 15 is 0 Å². The van der Waals surface area contributed by atoms with E-state index in [1.807, 2.05) is 4.90 Å². The highest BCUT2D eigenvalue weighted by Crippen LogP contribution is 2.30. The third-order valence-corrected chi connectivity index (χ3v) is 5.96. The predicted molar refractivity (Wildman–Crippen MR) is 115 cm³/mol. The van der Waals surface area contributed by atoms with E-state index in [0.29, 0.717) is 43.1 Å². The summed E-state index contributed by atoms with van der Waals surface area (Å²) in [5.74, 6) is -0.118. The third kappa shape index (κ3) is 4.25. The standard InChI is InChI=1S/C23H25N3O5/c1-31-17-8-6-16(7-9-17)26-21(28)14-19(23(26)30)25-12-10-15(11-13-25)22(29)24-18-4-2-3-5-20(18)27/h2-9,15,19,27H,10-14H2,1H3,(H,24,29)/t19-/m0/s1. The number of likely N-dealkylation sites (tertiary alicyclic amines) is 1. The zero-order valence-electron chi connectivity index (χ0n) is 17.3. The molecular weight excluding hydrogens is 398 g/mol. The molecule has 2 N–H and O–H groups in total. The van der Waals surface area contributed by atoms with E-state index in [4.69, 9.17) is 4.74 Å². The molecule has 0 radical (unpaired) electrons. The normalized spacial score (nSPS) is 20.2. The lowest BCUT2D eigenvalue weighted by atomic mass is 9.94. The molecule has 0 unspecified atom stereocenters. The number of aromatic hydroxyl groups is 1. The fourth-order valence-electron chi connectivity index (χ4n) is 4.19. The van der Waals surface area contributed by atoms with Gasteiger partial charge in [0.25, 0.3) is 5.91 Å². The summed E-state index contributed by atoms with van der Waals surface area (Å²) in [5, 5.41) is 12.6. The van der Waals surface area contributed by atoms with E-state index in [9.17, 15) is 19.5 Å². The summed E-state index contributed by atoms with van der Waals surface area (Å²) in [6.07, 6.45) is 1.31. The van der Waals surface area contributed by atoms with Crippen molar-refractivity contribution < 1.29 is 24.2 Å². The molecule has 0 saturated carbocycles. The molecule has 2 heterocycles. The van der Waals surface area contributed by atoms with Gasteiger partial charge in [-0.25, -0.2) is 4.90 Å². The highest BCUT2D eigenvalue weighted by molar-refractivity contribution is 6.22. The Kier molecular flexibility index (Phi) is 5.90. The van der Waals surface area contributed by atoms with E-state index in [1.165, 1.54) is 11.0 Å². The number of phenolic OH excluding ortho intramolecular Hbond substituents is 1. The lowest BCUT2D eigenvalue weighted by Gasteiger charge is -2.34. The molecule has 0 bridgehead atoms. The molecule has 2 aromatic rings. The molecule has 8 nitrogen and oxygen atoms in total. The van der Waals surface area contributed by atoms with Gasteiger partial charge in [0, 0.05) is 5.92 Å². The zero-order valence-corrected chi connectivity index (χ0v) is 17.3. The summed E-state index contributed by atoms with van der Waals surface area (Å²) < 4.78 is 5.13. The van der Waals surface area contributed by atoms with Gasteiger partial charge in [0.2, 0.25) is 11.8 Å². The molecule has 3 amide bonds. The first kappa shape index (κ1) is 20.9. The molecule has 8 heteroatoms. The van der Waals surface area contributed by atoms with Gasteiger partial charge >= 0.3 is 0 Å². The number of hydrogen-bond acceptors (Lipinski definition) is 6. The number of hydrogen-bond donors (Lipinski definition) is 2. The summed E-state index contributed by atoms with van der Waals surface area (Å²) in [6.45, 7) is 1.11. The number of ether oxygens (including phenoxy) is 1. The molecule has 0 aromatic heterocycles. The van der Waals surface area contributed by atoms with Crippen LogP contribution in [0, 0.1) is 5.92 Å². The highest BCUT2D eigenvalue weighted by atomic mass is 16.5. The fraction of sp³-hybridized carbons (Fsp3) is 0.348. The minimum atomic E-state index is -0.503. The van der Waals surface area contributed by atoms with Crippen LogP contribution in [0.4, 0.5) is 11.4 Å². The third-order valence-electron chi connectivity index (χ3n) is 5.96. The van der Waals surface area contributed by atoms with Gasteiger partial charge in [0.1, 0.15) is 11.5 Å². The monoisotopic (exact) mass is 423 g/mol. The summed E-state index contributed by atoms with van der Waals surface area (Å²) in [6, 6.07) is 13.0. The molecular formula is C23H25N3O5. The van der Waals surface area contributed by atoms with Crippen molar-refractivity contribution in [2.24, 2.45) is 5.92 Å². The van der Waals surface area contributed by atoms with Gasteiger partial charge in [-0.2, -0.15) is 0 Å². The Morgan fingerprint density at radius 2 is 1.74 bits per heavy atom. The molecule has 2 saturated heterocycles. The fourth-order valence-corrected chi connectivity index (χ4v) is 4.19. The van der Waals surface area contributed by atoms with E-state index in [-0.39, 0.29) is 35.8 Å². The second-order valence-corrected chi connectivity index (χ2v) is 7.80. The maximum atomic E-state index is 13.0. The number of benzene rings is 2. The Labute approximate surface area is 180 Å². The van der Waals surface area contributed by atoms with E-state index in [1.54, 1.807) is 49.6 Å². The Balaban J connectivity index is 1.36. The van der Waals surface area contributed by atoms with E-state index in [2.05, 4.69) is 5.32 Å². The maximum absolute atomic E-state index is 13.0. The van der Waals surface area contributed by atoms with Crippen molar-refractivity contribution in [3.8, 4) is 11.5 Å². The second-order valence-electron chi connectivity index (χ2n) is 7.80. The number of amides is 3. The smallest absolute Gasteiger partial charge is 0.251 e. The number of anilines is 2. The number of methoxy groups -OCH3 is 1. The quantitative estimate of drug-likeness (QED) is 0.566. The summed E-state index contributed by atoms with van der Waals surface area (Å²) in [5.41, 5.74) is 0.928. The van der Waals surface area contributed by atoms with Crippen LogP contribution in [0.3, 0.4) is 0 Å². The molecule has 0 spiro atoms. The number of para-hydroxylation sites is 2. The molecule has 0 aliphatic carbocycles. The molecule has 2 aromatic carbocycles. The molecule has 1 atom stereocenters. The minimum Gasteiger partial charge on any atom is -0.506 e. The number of nitrogens with one attached hydrogen (secondary N) is 1. The van der Waals surface area contributed by atoms with Gasteiger partial charge < -0.3 is 15.2 Å². The average Bonchev–Trinajstić information content (AvgIpc) is 3.09. The van der Waals surface area contributed by atoms with Gasteiger partial charge in [0.05, 0.1) is 30.9 Å². The number of carbonyl (C=O) groups is 3. The summed E-state index contributed by atoms with van der Waals surface area (Å²) >= 11 is 0. The van der Waals surface area contributed by atoms with Gasteiger partial charge in [-0.15, -0.1) is 0 Å². The van der Waals surface area contributed by atoms with Crippen LogP contribution in [0.15, 0.2) is 48.5 Å². The Bertz CT molecular complexity index is 983. The second kappa shape index (κ2) is 8.77. The van der Waals surface area contributed by atoms with Crippen molar-refractivity contribution in [1.82, 2.24) is 4.90 Å². The number of nitrogens with zero attached hydrogens (tertiary/aromatic N) is 2. The SMILES string of the molecule is COc1ccc(N2C(=O)C[C@H](N3CCC(C(=O)Nc4ccccc4O)CC3)C2=O)cc1. The van der Waals surface area contributed by atoms with Crippen LogP contribution in [0.1, 0.15) is 19.3 Å². The largest absolute Gasteiger partial charge is 0.506 e. The van der Waals surface area contributed by atoms with E-state index in [0.717, 1.165) is 0 Å². The highest BCUT2D eigenvalue weighted by Gasteiger charge is 2.43. The Morgan fingerprint density at radius 1 is 1.06 bits per heavy atom. The average molecular weight is 423 g/mol. The van der Waals surface area contributed by atoms with Gasteiger partial charge in [-0.1, -0.05) is 12.1 Å². The molecule has 2 aliphatic rings. The topological polar surface area (TPSA) is 99.2 Å². The van der Waals surface area contributed by atoms with Crippen LogP contribution in [0.5, 0.6) is 11.5 Å². The van der Waals surface area contributed by atoms with Crippen molar-refractivity contribution in [2.75, 3.05) is 30.4 Å². The number of phenols is 1.